The fourth-order valence-electron chi connectivity index (χ4n) is 1.88. The summed E-state index contributed by atoms with van der Waals surface area (Å²) in [4.78, 5) is 18.0. The Morgan fingerprint density at radius 2 is 2.10 bits per heavy atom. The third kappa shape index (κ3) is 3.81. The number of rotatable bonds is 4. The van der Waals surface area contributed by atoms with Gasteiger partial charge >= 0.3 is 6.03 Å². The Hall–Kier alpha value is -1.88. The average Bonchev–Trinajstić information content (AvgIpc) is 2.84. The molecule has 2 amide bonds. The molecular weight excluding hydrogens is 270 g/mol. The Labute approximate surface area is 123 Å². The number of hydrogen-bond acceptors (Lipinski definition) is 3. The first-order valence-corrected chi connectivity index (χ1v) is 7.38. The van der Waals surface area contributed by atoms with Gasteiger partial charge in [-0.15, -0.1) is 11.3 Å². The first kappa shape index (κ1) is 14.5. The molecule has 106 valence electrons. The molecule has 1 N–H and O–H groups in total. The van der Waals surface area contributed by atoms with Crippen molar-refractivity contribution in [3.05, 3.63) is 51.5 Å². The third-order valence-electron chi connectivity index (χ3n) is 3.07. The fraction of sp³-hybridized carbons (Fsp3) is 0.333. The minimum absolute atomic E-state index is 0.0823. The van der Waals surface area contributed by atoms with E-state index in [1.54, 1.807) is 23.3 Å². The molecule has 0 saturated heterocycles. The van der Waals surface area contributed by atoms with E-state index in [0.29, 0.717) is 13.1 Å². The molecule has 1 aromatic carbocycles. The number of hydrogen-bond donors (Lipinski definition) is 1. The highest BCUT2D eigenvalue weighted by molar-refractivity contribution is 7.09. The number of nitrogens with one attached hydrogen (secondary N) is 1. The van der Waals surface area contributed by atoms with Gasteiger partial charge in [0.25, 0.3) is 0 Å². The lowest BCUT2D eigenvalue weighted by molar-refractivity contribution is 0.206. The highest BCUT2D eigenvalue weighted by Crippen LogP contribution is 2.10. The van der Waals surface area contributed by atoms with Crippen LogP contribution in [0.4, 0.5) is 4.79 Å². The van der Waals surface area contributed by atoms with Gasteiger partial charge in [0.05, 0.1) is 6.54 Å². The van der Waals surface area contributed by atoms with Crippen LogP contribution in [0.15, 0.2) is 29.6 Å². The van der Waals surface area contributed by atoms with Crippen LogP contribution in [-0.4, -0.2) is 23.0 Å². The van der Waals surface area contributed by atoms with Gasteiger partial charge in [-0.3, -0.25) is 0 Å². The van der Waals surface area contributed by atoms with Crippen molar-refractivity contribution in [1.29, 1.82) is 0 Å². The van der Waals surface area contributed by atoms with E-state index in [1.807, 2.05) is 30.5 Å². The van der Waals surface area contributed by atoms with E-state index < -0.39 is 0 Å². The summed E-state index contributed by atoms with van der Waals surface area (Å²) in [7, 11) is 1.80. The van der Waals surface area contributed by atoms with Gasteiger partial charge in [-0.2, -0.15) is 0 Å². The maximum absolute atomic E-state index is 12.0. The van der Waals surface area contributed by atoms with Gasteiger partial charge in [0, 0.05) is 24.7 Å². The SMILES string of the molecule is Cc1csc(CNC(=O)N(C)Cc2ccccc2C)n1. The third-order valence-corrected chi connectivity index (χ3v) is 4.04. The van der Waals surface area contributed by atoms with E-state index in [-0.39, 0.29) is 6.03 Å². The number of aryl methyl sites for hydroxylation is 2. The summed E-state index contributed by atoms with van der Waals surface area (Å²) in [6.45, 7) is 5.09. The Morgan fingerprint density at radius 1 is 1.35 bits per heavy atom. The maximum atomic E-state index is 12.0. The molecule has 0 bridgehead atoms. The van der Waals surface area contributed by atoms with Gasteiger partial charge in [-0.05, 0) is 25.0 Å². The van der Waals surface area contributed by atoms with Crippen LogP contribution < -0.4 is 5.32 Å². The fourth-order valence-corrected chi connectivity index (χ4v) is 2.60. The molecule has 0 radical (unpaired) electrons. The standard InChI is InChI=1S/C15H19N3OS/c1-11-6-4-5-7-13(11)9-18(3)15(19)16-8-14-17-12(2)10-20-14/h4-7,10H,8-9H2,1-3H3,(H,16,19). The summed E-state index contributed by atoms with van der Waals surface area (Å²) >= 11 is 1.57. The molecular formula is C15H19N3OS. The van der Waals surface area contributed by atoms with Crippen LogP contribution >= 0.6 is 11.3 Å². The number of amides is 2. The van der Waals surface area contributed by atoms with Crippen molar-refractivity contribution in [1.82, 2.24) is 15.2 Å². The average molecular weight is 289 g/mol. The minimum atomic E-state index is -0.0823. The first-order valence-electron chi connectivity index (χ1n) is 6.50. The zero-order valence-corrected chi connectivity index (χ0v) is 12.8. The Morgan fingerprint density at radius 3 is 2.75 bits per heavy atom. The van der Waals surface area contributed by atoms with Crippen LogP contribution in [0.5, 0.6) is 0 Å². The molecule has 1 aromatic heterocycles. The zero-order chi connectivity index (χ0) is 14.5. The van der Waals surface area contributed by atoms with E-state index in [9.17, 15) is 4.79 Å². The van der Waals surface area contributed by atoms with Crippen molar-refractivity contribution < 1.29 is 4.79 Å². The van der Waals surface area contributed by atoms with Crippen LogP contribution in [0.2, 0.25) is 0 Å². The molecule has 1 heterocycles. The summed E-state index contributed by atoms with van der Waals surface area (Å²) < 4.78 is 0. The van der Waals surface area contributed by atoms with Crippen LogP contribution in [0.3, 0.4) is 0 Å². The summed E-state index contributed by atoms with van der Waals surface area (Å²) in [6.07, 6.45) is 0. The van der Waals surface area contributed by atoms with Gasteiger partial charge < -0.3 is 10.2 Å². The quantitative estimate of drug-likeness (QED) is 0.940. The lowest BCUT2D eigenvalue weighted by atomic mass is 10.1. The molecule has 0 spiro atoms. The topological polar surface area (TPSA) is 45.2 Å². The molecule has 0 aliphatic heterocycles. The second-order valence-corrected chi connectivity index (χ2v) is 5.77. The number of carbonyl (C=O) groups excluding carboxylic acids is 1. The number of nitrogens with zero attached hydrogens (tertiary/aromatic N) is 2. The van der Waals surface area contributed by atoms with E-state index in [1.165, 1.54) is 5.56 Å². The minimum Gasteiger partial charge on any atom is -0.331 e. The van der Waals surface area contributed by atoms with Gasteiger partial charge in [-0.1, -0.05) is 24.3 Å². The predicted octanol–water partition coefficient (Wildman–Crippen LogP) is 3.10. The monoisotopic (exact) mass is 289 g/mol. The summed E-state index contributed by atoms with van der Waals surface area (Å²) in [5, 5.41) is 5.80. The van der Waals surface area contributed by atoms with Crippen LogP contribution in [0, 0.1) is 13.8 Å². The highest BCUT2D eigenvalue weighted by Gasteiger charge is 2.10. The van der Waals surface area contributed by atoms with E-state index >= 15 is 0 Å². The maximum Gasteiger partial charge on any atom is 0.317 e. The smallest absolute Gasteiger partial charge is 0.317 e. The number of aromatic nitrogens is 1. The summed E-state index contributed by atoms with van der Waals surface area (Å²) in [5.41, 5.74) is 3.35. The summed E-state index contributed by atoms with van der Waals surface area (Å²) in [6, 6.07) is 8.01. The number of thiazole rings is 1. The second kappa shape index (κ2) is 6.52. The Balaban J connectivity index is 1.87. The Kier molecular flexibility index (Phi) is 4.74. The predicted molar refractivity (Wildman–Crippen MR) is 81.7 cm³/mol. The van der Waals surface area contributed by atoms with Gasteiger partial charge in [-0.25, -0.2) is 9.78 Å². The van der Waals surface area contributed by atoms with Crippen molar-refractivity contribution in [2.75, 3.05) is 7.05 Å². The van der Waals surface area contributed by atoms with E-state index in [4.69, 9.17) is 0 Å². The number of carbonyl (C=O) groups is 1. The second-order valence-electron chi connectivity index (χ2n) is 4.82. The van der Waals surface area contributed by atoms with Gasteiger partial charge in [0.2, 0.25) is 0 Å². The van der Waals surface area contributed by atoms with Crippen molar-refractivity contribution in [2.45, 2.75) is 26.9 Å². The molecule has 20 heavy (non-hydrogen) atoms. The normalized spacial score (nSPS) is 10.3. The zero-order valence-electron chi connectivity index (χ0n) is 12.0. The molecule has 0 atom stereocenters. The molecule has 2 aromatic rings. The van der Waals surface area contributed by atoms with Gasteiger partial charge in [0.15, 0.2) is 0 Å². The van der Waals surface area contributed by atoms with Crippen molar-refractivity contribution in [3.8, 4) is 0 Å². The van der Waals surface area contributed by atoms with Gasteiger partial charge in [0.1, 0.15) is 5.01 Å². The molecule has 5 heteroatoms. The molecule has 0 saturated carbocycles. The van der Waals surface area contributed by atoms with E-state index in [0.717, 1.165) is 16.3 Å². The Bertz CT molecular complexity index is 594. The number of urea groups is 1. The molecule has 2 rings (SSSR count). The number of benzene rings is 1. The lowest BCUT2D eigenvalue weighted by Crippen LogP contribution is -2.36. The van der Waals surface area contributed by atoms with Crippen molar-refractivity contribution in [3.63, 3.8) is 0 Å². The molecule has 0 fully saturated rings. The molecule has 4 nitrogen and oxygen atoms in total. The van der Waals surface area contributed by atoms with Crippen LogP contribution in [-0.2, 0) is 13.1 Å². The van der Waals surface area contributed by atoms with Crippen molar-refractivity contribution >= 4 is 17.4 Å². The first-order chi connectivity index (χ1) is 9.56. The summed E-state index contributed by atoms with van der Waals surface area (Å²) in [5.74, 6) is 0. The molecule has 0 aliphatic carbocycles. The lowest BCUT2D eigenvalue weighted by Gasteiger charge is -2.18. The largest absolute Gasteiger partial charge is 0.331 e. The van der Waals surface area contributed by atoms with Crippen molar-refractivity contribution in [2.24, 2.45) is 0 Å². The molecule has 0 unspecified atom stereocenters. The van der Waals surface area contributed by atoms with E-state index in [2.05, 4.69) is 23.3 Å². The van der Waals surface area contributed by atoms with Crippen LogP contribution in [0.1, 0.15) is 21.8 Å². The van der Waals surface area contributed by atoms with Crippen LogP contribution in [0.25, 0.3) is 0 Å². The highest BCUT2D eigenvalue weighted by atomic mass is 32.1. The molecule has 0 aliphatic rings.